The van der Waals surface area contributed by atoms with Gasteiger partial charge in [-0.15, -0.1) is 0 Å². The van der Waals surface area contributed by atoms with Gasteiger partial charge in [-0.25, -0.2) is 9.67 Å². The van der Waals surface area contributed by atoms with Crippen LogP contribution in [-0.4, -0.2) is 25.8 Å². The minimum atomic E-state index is -0.909. The molecule has 10 heavy (non-hydrogen) atoms. The smallest absolute Gasteiger partial charge is 0.325 e. The Morgan fingerprint density at radius 2 is 2.60 bits per heavy atom. The van der Waals surface area contributed by atoms with Crippen molar-refractivity contribution in [3.8, 4) is 0 Å². The molecule has 0 spiro atoms. The average Bonchev–Trinajstić information content (AvgIpc) is 2.15. The van der Waals surface area contributed by atoms with Gasteiger partial charge in [-0.05, 0) is 6.92 Å². The van der Waals surface area contributed by atoms with E-state index in [9.17, 15) is 4.79 Å². The third-order valence-electron chi connectivity index (χ3n) is 1.09. The number of aliphatic carboxylic acids is 1. The van der Waals surface area contributed by atoms with E-state index in [2.05, 4.69) is 10.1 Å². The second-order valence-corrected chi connectivity index (χ2v) is 1.86. The lowest BCUT2D eigenvalue weighted by Crippen LogP contribution is -2.11. The highest BCUT2D eigenvalue weighted by Crippen LogP contribution is 1.88. The average molecular weight is 141 g/mol. The Morgan fingerprint density at radius 1 is 1.90 bits per heavy atom. The van der Waals surface area contributed by atoms with Crippen LogP contribution in [0.25, 0.3) is 0 Å². The predicted octanol–water partition coefficient (Wildman–Crippen LogP) is -0.329. The van der Waals surface area contributed by atoms with E-state index >= 15 is 0 Å². The topological polar surface area (TPSA) is 68.0 Å². The number of rotatable bonds is 2. The molecule has 0 saturated carbocycles. The fourth-order valence-electron chi connectivity index (χ4n) is 0.605. The molecule has 1 N–H and O–H groups in total. The summed E-state index contributed by atoms with van der Waals surface area (Å²) >= 11 is 0. The van der Waals surface area contributed by atoms with Gasteiger partial charge in [0.25, 0.3) is 0 Å². The Labute approximate surface area is 57.3 Å². The molecule has 0 unspecified atom stereocenters. The van der Waals surface area contributed by atoms with Gasteiger partial charge in [0.15, 0.2) is 0 Å². The minimum Gasteiger partial charge on any atom is -0.480 e. The highest BCUT2D eigenvalue weighted by Gasteiger charge is 2.01. The molecule has 0 fully saturated rings. The van der Waals surface area contributed by atoms with Crippen molar-refractivity contribution in [2.24, 2.45) is 0 Å². The molecule has 1 heterocycles. The molecule has 0 bridgehead atoms. The highest BCUT2D eigenvalue weighted by molar-refractivity contribution is 5.66. The third-order valence-corrected chi connectivity index (χ3v) is 1.09. The molecular weight excluding hydrogens is 134 g/mol. The Kier molecular flexibility index (Phi) is 1.66. The van der Waals surface area contributed by atoms with Crippen molar-refractivity contribution >= 4 is 5.97 Å². The first kappa shape index (κ1) is 6.73. The Balaban J connectivity index is 2.74. The minimum absolute atomic E-state index is 0.119. The summed E-state index contributed by atoms with van der Waals surface area (Å²) in [4.78, 5) is 13.9. The molecule has 0 amide bonds. The zero-order valence-corrected chi connectivity index (χ0v) is 5.48. The predicted molar refractivity (Wildman–Crippen MR) is 32.4 cm³/mol. The van der Waals surface area contributed by atoms with Crippen LogP contribution in [0.3, 0.4) is 0 Å². The molecule has 5 nitrogen and oxygen atoms in total. The summed E-state index contributed by atoms with van der Waals surface area (Å²) in [5.41, 5.74) is 0. The molecule has 0 aliphatic carbocycles. The molecule has 0 aliphatic heterocycles. The number of carboxylic acids is 1. The van der Waals surface area contributed by atoms with E-state index in [0.717, 1.165) is 0 Å². The van der Waals surface area contributed by atoms with E-state index in [1.54, 1.807) is 6.92 Å². The zero-order valence-electron chi connectivity index (χ0n) is 5.48. The first-order valence-electron chi connectivity index (χ1n) is 2.76. The zero-order chi connectivity index (χ0) is 7.56. The molecule has 1 rings (SSSR count). The second kappa shape index (κ2) is 2.47. The van der Waals surface area contributed by atoms with Crippen molar-refractivity contribution < 1.29 is 9.90 Å². The molecule has 0 atom stereocenters. The summed E-state index contributed by atoms with van der Waals surface area (Å²) < 4.78 is 1.32. The van der Waals surface area contributed by atoms with Gasteiger partial charge in [0.05, 0.1) is 0 Å². The van der Waals surface area contributed by atoms with E-state index < -0.39 is 5.97 Å². The van der Waals surface area contributed by atoms with E-state index in [-0.39, 0.29) is 6.54 Å². The molecule has 0 radical (unpaired) electrons. The summed E-state index contributed by atoms with van der Waals surface area (Å²) in [6, 6.07) is 0. The lowest BCUT2D eigenvalue weighted by Gasteiger charge is -1.95. The van der Waals surface area contributed by atoms with Crippen LogP contribution in [0.2, 0.25) is 0 Å². The van der Waals surface area contributed by atoms with Crippen molar-refractivity contribution in [2.45, 2.75) is 13.5 Å². The largest absolute Gasteiger partial charge is 0.480 e. The lowest BCUT2D eigenvalue weighted by atomic mass is 10.6. The molecule has 54 valence electrons. The first-order valence-corrected chi connectivity index (χ1v) is 2.76. The number of hydrogen-bond donors (Lipinski definition) is 1. The number of nitrogens with zero attached hydrogens (tertiary/aromatic N) is 3. The lowest BCUT2D eigenvalue weighted by molar-refractivity contribution is -0.137. The van der Waals surface area contributed by atoms with Gasteiger partial charge in [0.2, 0.25) is 0 Å². The van der Waals surface area contributed by atoms with Crippen LogP contribution >= 0.6 is 0 Å². The standard InChI is InChI=1S/C5H7N3O2/c1-4-6-3-7-8(4)2-5(9)10/h3H,2H2,1H3,(H,9,10). The highest BCUT2D eigenvalue weighted by atomic mass is 16.4. The third kappa shape index (κ3) is 1.31. The molecule has 5 heteroatoms. The first-order chi connectivity index (χ1) is 4.70. The van der Waals surface area contributed by atoms with Gasteiger partial charge in [-0.3, -0.25) is 4.79 Å². The van der Waals surface area contributed by atoms with Crippen molar-refractivity contribution in [1.29, 1.82) is 0 Å². The van der Waals surface area contributed by atoms with Crippen LogP contribution in [0, 0.1) is 6.92 Å². The van der Waals surface area contributed by atoms with E-state index in [1.807, 2.05) is 0 Å². The van der Waals surface area contributed by atoms with Crippen LogP contribution in [0.4, 0.5) is 0 Å². The Hall–Kier alpha value is -1.39. The van der Waals surface area contributed by atoms with Crippen LogP contribution in [0.5, 0.6) is 0 Å². The number of carboxylic acid groups (broad SMARTS) is 1. The summed E-state index contributed by atoms with van der Waals surface area (Å²) in [5, 5.41) is 12.0. The number of aryl methyl sites for hydroxylation is 1. The normalized spacial score (nSPS) is 9.70. The maximum Gasteiger partial charge on any atom is 0.325 e. The quantitative estimate of drug-likeness (QED) is 0.612. The number of carbonyl (C=O) groups is 1. The maximum atomic E-state index is 10.1. The summed E-state index contributed by atoms with van der Waals surface area (Å²) in [5.74, 6) is -0.295. The van der Waals surface area contributed by atoms with E-state index in [1.165, 1.54) is 11.0 Å². The summed E-state index contributed by atoms with van der Waals surface area (Å²) in [6.45, 7) is 1.59. The van der Waals surface area contributed by atoms with E-state index in [0.29, 0.717) is 5.82 Å². The fraction of sp³-hybridized carbons (Fsp3) is 0.400. The summed E-state index contributed by atoms with van der Waals surface area (Å²) in [7, 11) is 0. The maximum absolute atomic E-state index is 10.1. The van der Waals surface area contributed by atoms with Crippen molar-refractivity contribution in [3.05, 3.63) is 12.2 Å². The molecule has 0 aliphatic rings. The van der Waals surface area contributed by atoms with E-state index in [4.69, 9.17) is 5.11 Å². The van der Waals surface area contributed by atoms with Gasteiger partial charge in [-0.2, -0.15) is 5.10 Å². The van der Waals surface area contributed by atoms with Gasteiger partial charge in [0, 0.05) is 0 Å². The molecule has 0 saturated heterocycles. The molecular formula is C5H7N3O2. The van der Waals surface area contributed by atoms with Crippen LogP contribution in [-0.2, 0) is 11.3 Å². The molecule has 1 aromatic rings. The number of hydrogen-bond acceptors (Lipinski definition) is 3. The van der Waals surface area contributed by atoms with Crippen molar-refractivity contribution in [2.75, 3.05) is 0 Å². The van der Waals surface area contributed by atoms with Crippen LogP contribution in [0.1, 0.15) is 5.82 Å². The van der Waals surface area contributed by atoms with Crippen molar-refractivity contribution in [1.82, 2.24) is 14.8 Å². The van der Waals surface area contributed by atoms with Gasteiger partial charge >= 0.3 is 5.97 Å². The van der Waals surface area contributed by atoms with Crippen LogP contribution < -0.4 is 0 Å². The van der Waals surface area contributed by atoms with Gasteiger partial charge in [-0.1, -0.05) is 0 Å². The second-order valence-electron chi connectivity index (χ2n) is 1.86. The fourth-order valence-corrected chi connectivity index (χ4v) is 0.605. The monoisotopic (exact) mass is 141 g/mol. The van der Waals surface area contributed by atoms with Crippen molar-refractivity contribution in [3.63, 3.8) is 0 Å². The van der Waals surface area contributed by atoms with Crippen LogP contribution in [0.15, 0.2) is 6.33 Å². The Morgan fingerprint density at radius 3 is 3.00 bits per heavy atom. The molecule has 0 aromatic carbocycles. The number of aromatic nitrogens is 3. The SMILES string of the molecule is Cc1ncnn1CC(=O)O. The van der Waals surface area contributed by atoms with Gasteiger partial charge in [0.1, 0.15) is 18.7 Å². The van der Waals surface area contributed by atoms with Gasteiger partial charge < -0.3 is 5.11 Å². The Bertz CT molecular complexity index is 243. The summed E-state index contributed by atoms with van der Waals surface area (Å²) in [6.07, 6.45) is 1.33. The molecule has 1 aromatic heterocycles.